The Labute approximate surface area is 94.2 Å². The molecule has 0 atom stereocenters. The van der Waals surface area contributed by atoms with E-state index in [0.717, 1.165) is 16.3 Å². The van der Waals surface area contributed by atoms with Crippen LogP contribution in [-0.4, -0.2) is 7.11 Å². The average Bonchev–Trinajstić information content (AvgIpc) is 2.32. The lowest BCUT2D eigenvalue weighted by molar-refractivity contribution is 0.371. The molecule has 0 aliphatic rings. The lowest BCUT2D eigenvalue weighted by Crippen LogP contribution is -1.89. The molecule has 0 saturated carbocycles. The van der Waals surface area contributed by atoms with Gasteiger partial charge in [-0.1, -0.05) is 24.8 Å². The monoisotopic (exact) mass is 216 g/mol. The maximum absolute atomic E-state index is 13.4. The van der Waals surface area contributed by atoms with Crippen molar-refractivity contribution < 1.29 is 9.13 Å². The normalized spacial score (nSPS) is 10.4. The molecular formula is C14H13FO. The van der Waals surface area contributed by atoms with Crippen molar-refractivity contribution in [1.82, 2.24) is 0 Å². The molecular weight excluding hydrogens is 203 g/mol. The van der Waals surface area contributed by atoms with Crippen LogP contribution in [0.1, 0.15) is 11.1 Å². The van der Waals surface area contributed by atoms with Crippen molar-refractivity contribution in [2.75, 3.05) is 7.11 Å². The molecule has 82 valence electrons. The smallest absolute Gasteiger partial charge is 0.126 e. The van der Waals surface area contributed by atoms with E-state index in [1.54, 1.807) is 20.1 Å². The predicted octanol–water partition coefficient (Wildman–Crippen LogP) is 3.90. The van der Waals surface area contributed by atoms with Crippen molar-refractivity contribution in [2.24, 2.45) is 0 Å². The summed E-state index contributed by atoms with van der Waals surface area (Å²) >= 11 is 0. The fourth-order valence-corrected chi connectivity index (χ4v) is 1.73. The van der Waals surface area contributed by atoms with Crippen molar-refractivity contribution in [2.45, 2.75) is 6.92 Å². The quantitative estimate of drug-likeness (QED) is 0.692. The summed E-state index contributed by atoms with van der Waals surface area (Å²) in [4.78, 5) is 0. The van der Waals surface area contributed by atoms with Crippen molar-refractivity contribution in [1.29, 1.82) is 0 Å². The molecule has 0 unspecified atom stereocenters. The molecule has 0 aromatic heterocycles. The molecule has 2 heteroatoms. The van der Waals surface area contributed by atoms with Gasteiger partial charge in [-0.15, -0.1) is 0 Å². The van der Waals surface area contributed by atoms with E-state index in [9.17, 15) is 4.39 Å². The minimum atomic E-state index is -0.187. The second-order valence-electron chi connectivity index (χ2n) is 3.74. The molecule has 0 bridgehead atoms. The number of aryl methyl sites for hydroxylation is 1. The number of rotatable bonds is 2. The maximum Gasteiger partial charge on any atom is 0.126 e. The van der Waals surface area contributed by atoms with E-state index in [0.29, 0.717) is 11.3 Å². The molecule has 0 aliphatic carbocycles. The first-order chi connectivity index (χ1) is 7.63. The van der Waals surface area contributed by atoms with Gasteiger partial charge in [0.05, 0.1) is 7.11 Å². The van der Waals surface area contributed by atoms with E-state index in [2.05, 4.69) is 6.58 Å². The van der Waals surface area contributed by atoms with E-state index >= 15 is 0 Å². The van der Waals surface area contributed by atoms with Crippen molar-refractivity contribution >= 4 is 16.5 Å². The van der Waals surface area contributed by atoms with Crippen LogP contribution in [0.5, 0.6) is 0 Å². The fraction of sp³-hybridized carbons (Fsp3) is 0.143. The third-order valence-electron chi connectivity index (χ3n) is 2.79. The highest BCUT2D eigenvalue weighted by atomic mass is 19.1. The summed E-state index contributed by atoms with van der Waals surface area (Å²) in [6, 6.07) is 9.03. The van der Waals surface area contributed by atoms with Gasteiger partial charge in [0.25, 0.3) is 0 Å². The number of benzene rings is 2. The Morgan fingerprint density at radius 3 is 2.62 bits per heavy atom. The van der Waals surface area contributed by atoms with Gasteiger partial charge in [0.1, 0.15) is 11.6 Å². The van der Waals surface area contributed by atoms with Gasteiger partial charge < -0.3 is 4.74 Å². The summed E-state index contributed by atoms with van der Waals surface area (Å²) in [5, 5.41) is 1.92. The number of ether oxygens (including phenoxy) is 1. The standard InChI is InChI=1S/C14H13FO/c1-9-13-8-12(10(2)16-3)5-4-11(13)6-7-14(9)15/h4-8H,2H2,1,3H3. The second-order valence-corrected chi connectivity index (χ2v) is 3.74. The zero-order chi connectivity index (χ0) is 11.7. The van der Waals surface area contributed by atoms with Gasteiger partial charge in [0.15, 0.2) is 0 Å². The van der Waals surface area contributed by atoms with Crippen LogP contribution >= 0.6 is 0 Å². The number of methoxy groups -OCH3 is 1. The molecule has 2 rings (SSSR count). The highest BCUT2D eigenvalue weighted by Crippen LogP contribution is 2.24. The predicted molar refractivity (Wildman–Crippen MR) is 64.7 cm³/mol. The summed E-state index contributed by atoms with van der Waals surface area (Å²) < 4.78 is 18.5. The molecule has 2 aromatic rings. The van der Waals surface area contributed by atoms with Crippen molar-refractivity contribution in [3.63, 3.8) is 0 Å². The minimum absolute atomic E-state index is 0.187. The number of fused-ring (bicyclic) bond motifs is 1. The van der Waals surface area contributed by atoms with E-state index in [-0.39, 0.29) is 5.82 Å². The molecule has 0 amide bonds. The summed E-state index contributed by atoms with van der Waals surface area (Å²) in [5.41, 5.74) is 1.53. The number of hydrogen-bond donors (Lipinski definition) is 0. The van der Waals surface area contributed by atoms with Crippen LogP contribution in [0, 0.1) is 12.7 Å². The Hall–Kier alpha value is -1.83. The lowest BCUT2D eigenvalue weighted by Gasteiger charge is -2.08. The number of halogens is 1. The van der Waals surface area contributed by atoms with Crippen LogP contribution in [0.4, 0.5) is 4.39 Å². The summed E-state index contributed by atoms with van der Waals surface area (Å²) in [6.45, 7) is 5.56. The zero-order valence-corrected chi connectivity index (χ0v) is 9.38. The molecule has 0 heterocycles. The molecule has 1 nitrogen and oxygen atoms in total. The summed E-state index contributed by atoms with van der Waals surface area (Å²) in [6.07, 6.45) is 0. The Morgan fingerprint density at radius 1 is 1.25 bits per heavy atom. The highest BCUT2D eigenvalue weighted by molar-refractivity contribution is 5.88. The Bertz CT molecular complexity index is 558. The van der Waals surface area contributed by atoms with Crippen molar-refractivity contribution in [3.05, 3.63) is 53.9 Å². The third-order valence-corrected chi connectivity index (χ3v) is 2.79. The van der Waals surface area contributed by atoms with Gasteiger partial charge in [-0.25, -0.2) is 4.39 Å². The third kappa shape index (κ3) is 1.67. The van der Waals surface area contributed by atoms with Crippen LogP contribution in [0.15, 0.2) is 36.9 Å². The van der Waals surface area contributed by atoms with Crippen molar-refractivity contribution in [3.8, 4) is 0 Å². The molecule has 0 radical (unpaired) electrons. The molecule has 0 saturated heterocycles. The Kier molecular flexibility index (Phi) is 2.65. The first-order valence-corrected chi connectivity index (χ1v) is 5.05. The van der Waals surface area contributed by atoms with Gasteiger partial charge in [-0.05, 0) is 35.4 Å². The first kappa shape index (κ1) is 10.7. The largest absolute Gasteiger partial charge is 0.497 e. The zero-order valence-electron chi connectivity index (χ0n) is 9.38. The Morgan fingerprint density at radius 2 is 1.94 bits per heavy atom. The highest BCUT2D eigenvalue weighted by Gasteiger charge is 2.05. The molecule has 0 aliphatic heterocycles. The number of hydrogen-bond acceptors (Lipinski definition) is 1. The molecule has 0 fully saturated rings. The molecule has 16 heavy (non-hydrogen) atoms. The van der Waals surface area contributed by atoms with Gasteiger partial charge in [-0.2, -0.15) is 0 Å². The Balaban J connectivity index is 2.69. The van der Waals surface area contributed by atoms with Gasteiger partial charge in [0, 0.05) is 5.56 Å². The SMILES string of the molecule is C=C(OC)c1ccc2ccc(F)c(C)c2c1. The van der Waals surface area contributed by atoms with Crippen LogP contribution < -0.4 is 0 Å². The topological polar surface area (TPSA) is 9.23 Å². The van der Waals surface area contributed by atoms with E-state index in [1.165, 1.54) is 6.07 Å². The lowest BCUT2D eigenvalue weighted by atomic mass is 10.0. The minimum Gasteiger partial charge on any atom is -0.497 e. The first-order valence-electron chi connectivity index (χ1n) is 5.05. The van der Waals surface area contributed by atoms with E-state index in [4.69, 9.17) is 4.74 Å². The van der Waals surface area contributed by atoms with E-state index in [1.807, 2.05) is 18.2 Å². The van der Waals surface area contributed by atoms with Gasteiger partial charge >= 0.3 is 0 Å². The summed E-state index contributed by atoms with van der Waals surface area (Å²) in [7, 11) is 1.57. The van der Waals surface area contributed by atoms with Gasteiger partial charge in [-0.3, -0.25) is 0 Å². The van der Waals surface area contributed by atoms with Crippen LogP contribution in [0.3, 0.4) is 0 Å². The van der Waals surface area contributed by atoms with E-state index < -0.39 is 0 Å². The molecule has 0 spiro atoms. The molecule has 0 N–H and O–H groups in total. The van der Waals surface area contributed by atoms with Crippen LogP contribution in [-0.2, 0) is 4.74 Å². The maximum atomic E-state index is 13.4. The fourth-order valence-electron chi connectivity index (χ4n) is 1.73. The average molecular weight is 216 g/mol. The summed E-state index contributed by atoms with van der Waals surface area (Å²) in [5.74, 6) is 0.401. The second kappa shape index (κ2) is 3.97. The molecule has 2 aromatic carbocycles. The van der Waals surface area contributed by atoms with Crippen LogP contribution in [0.25, 0.3) is 16.5 Å². The van der Waals surface area contributed by atoms with Gasteiger partial charge in [0.2, 0.25) is 0 Å². The van der Waals surface area contributed by atoms with Crippen LogP contribution in [0.2, 0.25) is 0 Å².